The number of benzene rings is 1. The van der Waals surface area contributed by atoms with E-state index in [-0.39, 0.29) is 11.9 Å². The highest BCUT2D eigenvalue weighted by molar-refractivity contribution is 6.33. The fraction of sp³-hybridized carbons (Fsp3) is 0.273. The lowest BCUT2D eigenvalue weighted by Crippen LogP contribution is -2.07. The minimum Gasteiger partial charge on any atom is -0.324 e. The summed E-state index contributed by atoms with van der Waals surface area (Å²) in [5, 5.41) is 3.80. The van der Waals surface area contributed by atoms with Gasteiger partial charge in [0.2, 0.25) is 0 Å². The van der Waals surface area contributed by atoms with Gasteiger partial charge in [0.05, 0.1) is 5.02 Å². The van der Waals surface area contributed by atoms with Crippen LogP contribution in [0.2, 0.25) is 5.02 Å². The molecule has 0 bridgehead atoms. The van der Waals surface area contributed by atoms with Crippen LogP contribution >= 0.6 is 11.6 Å². The van der Waals surface area contributed by atoms with Gasteiger partial charge in [-0.25, -0.2) is 4.98 Å². The molecule has 2 aromatic rings. The first-order valence-electron chi connectivity index (χ1n) is 5.23. The van der Waals surface area contributed by atoms with Crippen molar-refractivity contribution in [1.29, 1.82) is 0 Å². The molecule has 1 aromatic heterocycles. The molecule has 4 nitrogen and oxygen atoms in total. The number of nitrogens with zero attached hydrogens (tertiary/aromatic N) is 3. The van der Waals surface area contributed by atoms with Crippen LogP contribution in [0.5, 0.6) is 0 Å². The Kier molecular flexibility index (Phi) is 3.58. The molecular formula is C11H11ClF2N4. The standard InChI is InChI=1S/C11H11ClF2N4/c1-6(15)7-2-3-9(12)8(4-7)10-16-5-17-18(10)11(13)14/h2-6,11H,15H2,1H3/t6-/m0/s1. The number of nitrogens with two attached hydrogens (primary N) is 1. The van der Waals surface area contributed by atoms with Gasteiger partial charge in [0.1, 0.15) is 6.33 Å². The number of aromatic nitrogens is 3. The van der Waals surface area contributed by atoms with Crippen LogP contribution in [0.25, 0.3) is 11.4 Å². The molecule has 0 saturated carbocycles. The van der Waals surface area contributed by atoms with Crippen molar-refractivity contribution in [3.05, 3.63) is 35.1 Å². The van der Waals surface area contributed by atoms with Crippen molar-refractivity contribution in [1.82, 2.24) is 14.8 Å². The van der Waals surface area contributed by atoms with Gasteiger partial charge in [-0.2, -0.15) is 18.6 Å². The van der Waals surface area contributed by atoms with Crippen LogP contribution < -0.4 is 5.73 Å². The normalized spacial score (nSPS) is 13.0. The largest absolute Gasteiger partial charge is 0.335 e. The predicted octanol–water partition coefficient (Wildman–Crippen LogP) is 3.01. The molecule has 2 N–H and O–H groups in total. The fourth-order valence-corrected chi connectivity index (χ4v) is 1.79. The zero-order valence-electron chi connectivity index (χ0n) is 9.52. The minimum absolute atomic E-state index is 0.0255. The third-order valence-electron chi connectivity index (χ3n) is 2.52. The van der Waals surface area contributed by atoms with Gasteiger partial charge < -0.3 is 5.73 Å². The zero-order chi connectivity index (χ0) is 13.3. The average molecular weight is 273 g/mol. The van der Waals surface area contributed by atoms with E-state index in [1.165, 1.54) is 0 Å². The van der Waals surface area contributed by atoms with Crippen molar-refractivity contribution in [2.75, 3.05) is 0 Å². The molecule has 0 spiro atoms. The topological polar surface area (TPSA) is 56.7 Å². The first-order valence-corrected chi connectivity index (χ1v) is 5.61. The molecule has 0 aliphatic carbocycles. The highest BCUT2D eigenvalue weighted by atomic mass is 35.5. The lowest BCUT2D eigenvalue weighted by molar-refractivity contribution is 0.0582. The van der Waals surface area contributed by atoms with E-state index in [4.69, 9.17) is 17.3 Å². The summed E-state index contributed by atoms with van der Waals surface area (Å²) in [6.07, 6.45) is 1.07. The number of halogens is 3. The van der Waals surface area contributed by atoms with Gasteiger partial charge in [-0.1, -0.05) is 17.7 Å². The second kappa shape index (κ2) is 4.99. The SMILES string of the molecule is C[C@H](N)c1ccc(Cl)c(-c2ncnn2C(F)F)c1. The van der Waals surface area contributed by atoms with E-state index in [0.29, 0.717) is 15.3 Å². The van der Waals surface area contributed by atoms with Crippen molar-refractivity contribution in [2.24, 2.45) is 5.73 Å². The Morgan fingerprint density at radius 3 is 2.72 bits per heavy atom. The summed E-state index contributed by atoms with van der Waals surface area (Å²) in [4.78, 5) is 3.82. The molecule has 18 heavy (non-hydrogen) atoms. The van der Waals surface area contributed by atoms with Crippen molar-refractivity contribution >= 4 is 11.6 Å². The Morgan fingerprint density at radius 2 is 2.11 bits per heavy atom. The molecule has 1 atom stereocenters. The fourth-order valence-electron chi connectivity index (χ4n) is 1.58. The van der Waals surface area contributed by atoms with Crippen LogP contribution in [0, 0.1) is 0 Å². The maximum atomic E-state index is 12.7. The van der Waals surface area contributed by atoms with E-state index in [1.54, 1.807) is 25.1 Å². The lowest BCUT2D eigenvalue weighted by Gasteiger charge is -2.10. The van der Waals surface area contributed by atoms with E-state index in [2.05, 4.69) is 10.1 Å². The van der Waals surface area contributed by atoms with Crippen LogP contribution in [0.15, 0.2) is 24.5 Å². The monoisotopic (exact) mass is 272 g/mol. The van der Waals surface area contributed by atoms with E-state index >= 15 is 0 Å². The number of rotatable bonds is 3. The average Bonchev–Trinajstić information content (AvgIpc) is 2.78. The predicted molar refractivity (Wildman–Crippen MR) is 64.3 cm³/mol. The molecule has 1 heterocycles. The van der Waals surface area contributed by atoms with Gasteiger partial charge in [-0.15, -0.1) is 0 Å². The summed E-state index contributed by atoms with van der Waals surface area (Å²) in [6, 6.07) is 4.79. The molecular weight excluding hydrogens is 262 g/mol. The number of hydrogen-bond donors (Lipinski definition) is 1. The van der Waals surface area contributed by atoms with Crippen molar-refractivity contribution < 1.29 is 8.78 Å². The molecule has 7 heteroatoms. The summed E-state index contributed by atoms with van der Waals surface area (Å²) in [5.41, 5.74) is 6.93. The maximum Gasteiger partial charge on any atom is 0.335 e. The molecule has 0 unspecified atom stereocenters. The quantitative estimate of drug-likeness (QED) is 0.934. The molecule has 0 aliphatic heterocycles. The van der Waals surface area contributed by atoms with Crippen LogP contribution in [0.1, 0.15) is 25.1 Å². The van der Waals surface area contributed by atoms with Gasteiger partial charge in [-0.3, -0.25) is 0 Å². The molecule has 1 aromatic carbocycles. The zero-order valence-corrected chi connectivity index (χ0v) is 10.3. The highest BCUT2D eigenvalue weighted by Crippen LogP contribution is 2.30. The Labute approximate surface area is 107 Å². The maximum absolute atomic E-state index is 12.7. The first-order chi connectivity index (χ1) is 8.50. The minimum atomic E-state index is -2.77. The third kappa shape index (κ3) is 2.34. The van der Waals surface area contributed by atoms with E-state index in [1.807, 2.05) is 0 Å². The Hall–Kier alpha value is -1.53. The van der Waals surface area contributed by atoms with E-state index in [0.717, 1.165) is 11.9 Å². The van der Waals surface area contributed by atoms with Crippen LogP contribution in [-0.2, 0) is 0 Å². The Morgan fingerprint density at radius 1 is 1.39 bits per heavy atom. The van der Waals surface area contributed by atoms with Crippen molar-refractivity contribution in [3.8, 4) is 11.4 Å². The number of hydrogen-bond acceptors (Lipinski definition) is 3. The van der Waals surface area contributed by atoms with Crippen LogP contribution in [0.3, 0.4) is 0 Å². The number of alkyl halides is 2. The first kappa shape index (κ1) is 12.9. The third-order valence-corrected chi connectivity index (χ3v) is 2.84. The van der Waals surface area contributed by atoms with Gasteiger partial charge in [-0.05, 0) is 24.6 Å². The molecule has 0 aliphatic rings. The second-order valence-electron chi connectivity index (χ2n) is 3.83. The van der Waals surface area contributed by atoms with Crippen molar-refractivity contribution in [3.63, 3.8) is 0 Å². The molecule has 0 radical (unpaired) electrons. The van der Waals surface area contributed by atoms with Gasteiger partial charge >= 0.3 is 6.55 Å². The van der Waals surface area contributed by atoms with Crippen LogP contribution in [0.4, 0.5) is 8.78 Å². The smallest absolute Gasteiger partial charge is 0.324 e. The van der Waals surface area contributed by atoms with Gasteiger partial charge in [0.25, 0.3) is 0 Å². The Bertz CT molecular complexity index is 554. The molecule has 0 saturated heterocycles. The van der Waals surface area contributed by atoms with Crippen LogP contribution in [-0.4, -0.2) is 14.8 Å². The summed E-state index contributed by atoms with van der Waals surface area (Å²) < 4.78 is 26.0. The van der Waals surface area contributed by atoms with Gasteiger partial charge in [0.15, 0.2) is 5.82 Å². The van der Waals surface area contributed by atoms with Crippen molar-refractivity contribution in [2.45, 2.75) is 19.5 Å². The second-order valence-corrected chi connectivity index (χ2v) is 4.24. The summed E-state index contributed by atoms with van der Waals surface area (Å²) in [6.45, 7) is -0.970. The highest BCUT2D eigenvalue weighted by Gasteiger charge is 2.17. The van der Waals surface area contributed by atoms with E-state index in [9.17, 15) is 8.78 Å². The molecule has 96 valence electrons. The molecule has 0 fully saturated rings. The van der Waals surface area contributed by atoms with Gasteiger partial charge in [0, 0.05) is 11.6 Å². The molecule has 2 rings (SSSR count). The van der Waals surface area contributed by atoms with E-state index < -0.39 is 6.55 Å². The summed E-state index contributed by atoms with van der Waals surface area (Å²) >= 11 is 6.00. The molecule has 0 amide bonds. The lowest BCUT2D eigenvalue weighted by atomic mass is 10.1. The Balaban J connectivity index is 2.56. The summed E-state index contributed by atoms with van der Waals surface area (Å²) in [5.74, 6) is 0.0255. The summed E-state index contributed by atoms with van der Waals surface area (Å²) in [7, 11) is 0.